The normalized spacial score (nSPS) is 21.1. The predicted molar refractivity (Wildman–Crippen MR) is 150 cm³/mol. The van der Waals surface area contributed by atoms with E-state index in [4.69, 9.17) is 14.7 Å². The highest BCUT2D eigenvalue weighted by atomic mass is 19.1. The Labute approximate surface area is 232 Å². The molecule has 2 aliphatic rings. The molecule has 39 heavy (non-hydrogen) atoms. The molecule has 1 saturated heterocycles. The maximum Gasteiger partial charge on any atom is 0.302 e. The maximum absolute atomic E-state index is 14.7. The Balaban J connectivity index is 1.44. The average molecular weight is 536 g/mol. The van der Waals surface area contributed by atoms with Gasteiger partial charge in [0.15, 0.2) is 0 Å². The number of rotatable bonds is 11. The van der Waals surface area contributed by atoms with Gasteiger partial charge in [-0.1, -0.05) is 19.4 Å². The van der Waals surface area contributed by atoms with Gasteiger partial charge >= 0.3 is 5.97 Å². The lowest BCUT2D eigenvalue weighted by Crippen LogP contribution is -2.53. The van der Waals surface area contributed by atoms with Crippen molar-refractivity contribution in [1.82, 2.24) is 9.80 Å². The van der Waals surface area contributed by atoms with E-state index in [9.17, 15) is 9.18 Å². The van der Waals surface area contributed by atoms with Crippen LogP contribution in [0, 0.1) is 23.1 Å². The molecule has 0 radical (unpaired) electrons. The van der Waals surface area contributed by atoms with Crippen LogP contribution in [0.4, 0.5) is 4.39 Å². The number of halogens is 1. The molecule has 0 aliphatic carbocycles. The summed E-state index contributed by atoms with van der Waals surface area (Å²) < 4.78 is 26.4. The van der Waals surface area contributed by atoms with Crippen LogP contribution in [-0.4, -0.2) is 61.7 Å². The van der Waals surface area contributed by atoms with Crippen molar-refractivity contribution in [3.05, 3.63) is 65.0 Å². The number of benzene rings is 2. The smallest absolute Gasteiger partial charge is 0.302 e. The largest absolute Gasteiger partial charge is 0.494 e. The van der Waals surface area contributed by atoms with Crippen molar-refractivity contribution in [1.29, 1.82) is 5.26 Å². The van der Waals surface area contributed by atoms with Crippen molar-refractivity contribution in [3.63, 3.8) is 0 Å². The molecular weight excluding hydrogens is 493 g/mol. The number of carbonyl (C=O) groups excluding carboxylic acids is 1. The van der Waals surface area contributed by atoms with Gasteiger partial charge in [0.25, 0.3) is 0 Å². The van der Waals surface area contributed by atoms with E-state index in [0.29, 0.717) is 18.1 Å². The molecule has 2 aliphatic heterocycles. The molecule has 0 bridgehead atoms. The lowest BCUT2D eigenvalue weighted by Gasteiger charge is -2.51. The molecule has 4 rings (SSSR count). The first-order valence-corrected chi connectivity index (χ1v) is 14.3. The van der Waals surface area contributed by atoms with Crippen molar-refractivity contribution in [2.24, 2.45) is 5.92 Å². The van der Waals surface area contributed by atoms with Gasteiger partial charge in [0.05, 0.1) is 18.2 Å². The third-order valence-corrected chi connectivity index (χ3v) is 8.38. The molecule has 0 saturated carbocycles. The molecule has 2 heterocycles. The summed E-state index contributed by atoms with van der Waals surface area (Å²) in [4.78, 5) is 16.8. The number of carbonyl (C=O) groups is 1. The van der Waals surface area contributed by atoms with Gasteiger partial charge in [-0.05, 0) is 106 Å². The molecule has 0 N–H and O–H groups in total. The van der Waals surface area contributed by atoms with Crippen LogP contribution >= 0.6 is 0 Å². The number of piperidine rings is 1. The minimum atomic E-state index is -0.259. The van der Waals surface area contributed by atoms with E-state index in [1.165, 1.54) is 12.5 Å². The minimum absolute atomic E-state index is 0.174. The van der Waals surface area contributed by atoms with Crippen molar-refractivity contribution >= 4 is 5.97 Å². The highest BCUT2D eigenvalue weighted by molar-refractivity contribution is 5.66. The van der Waals surface area contributed by atoms with Crippen molar-refractivity contribution in [2.75, 3.05) is 39.8 Å². The van der Waals surface area contributed by atoms with Crippen LogP contribution in [0.15, 0.2) is 42.5 Å². The molecule has 2 aromatic rings. The maximum atomic E-state index is 14.7. The SMILES string of the molecule is CCCC(CC1(C2CCN(CCCOc3ccc(C#N)cc3)CC2)CN(C)Cc2ccc(F)cc21)OC(C)=O. The van der Waals surface area contributed by atoms with Gasteiger partial charge in [-0.25, -0.2) is 4.39 Å². The van der Waals surface area contributed by atoms with E-state index < -0.39 is 0 Å². The lowest BCUT2D eigenvalue weighted by molar-refractivity contribution is -0.148. The summed E-state index contributed by atoms with van der Waals surface area (Å²) in [5.41, 5.74) is 2.67. The molecule has 0 aromatic heterocycles. The second kappa shape index (κ2) is 13.4. The summed E-state index contributed by atoms with van der Waals surface area (Å²) in [6.07, 6.45) is 5.28. The number of nitriles is 1. The lowest BCUT2D eigenvalue weighted by atomic mass is 9.61. The number of hydrogen-bond donors (Lipinski definition) is 0. The van der Waals surface area contributed by atoms with Crippen molar-refractivity contribution in [3.8, 4) is 11.8 Å². The highest BCUT2D eigenvalue weighted by Crippen LogP contribution is 2.47. The highest BCUT2D eigenvalue weighted by Gasteiger charge is 2.47. The molecule has 1 fully saturated rings. The summed E-state index contributed by atoms with van der Waals surface area (Å²) in [7, 11) is 2.14. The third-order valence-electron chi connectivity index (χ3n) is 8.38. The minimum Gasteiger partial charge on any atom is -0.494 e. The zero-order valence-electron chi connectivity index (χ0n) is 23.6. The van der Waals surface area contributed by atoms with Crippen LogP contribution in [0.1, 0.15) is 69.1 Å². The number of fused-ring (bicyclic) bond motifs is 1. The zero-order valence-corrected chi connectivity index (χ0v) is 23.6. The summed E-state index contributed by atoms with van der Waals surface area (Å²) in [5, 5.41) is 8.94. The fourth-order valence-corrected chi connectivity index (χ4v) is 6.73. The fourth-order valence-electron chi connectivity index (χ4n) is 6.73. The first-order chi connectivity index (χ1) is 18.8. The first kappa shape index (κ1) is 29.0. The quantitative estimate of drug-likeness (QED) is 0.272. The molecule has 0 spiro atoms. The molecule has 0 amide bonds. The molecule has 6 nitrogen and oxygen atoms in total. The molecule has 7 heteroatoms. The van der Waals surface area contributed by atoms with E-state index in [0.717, 1.165) is 82.6 Å². The standard InChI is InChI=1S/C32H42FN3O3/c1-4-6-30(39-24(2)37)20-32(23-35(3)22-26-9-10-28(33)19-31(26)32)27-13-16-36(17-14-27)15-5-18-38-29-11-7-25(21-34)8-12-29/h7-12,19,27,30H,4-6,13-18,20,22-23H2,1-3H3. The summed E-state index contributed by atoms with van der Waals surface area (Å²) in [5.74, 6) is 0.727. The van der Waals surface area contributed by atoms with E-state index in [2.05, 4.69) is 29.8 Å². The van der Waals surface area contributed by atoms with Crippen LogP contribution in [0.2, 0.25) is 0 Å². The van der Waals surface area contributed by atoms with Gasteiger partial charge in [0, 0.05) is 32.0 Å². The van der Waals surface area contributed by atoms with E-state index in [1.807, 2.05) is 18.2 Å². The Morgan fingerprint density at radius 3 is 2.62 bits per heavy atom. The molecular formula is C32H42FN3O3. The van der Waals surface area contributed by atoms with Crippen LogP contribution in [-0.2, 0) is 21.5 Å². The number of esters is 1. The number of likely N-dealkylation sites (N-methyl/N-ethyl adjacent to an activating group) is 1. The van der Waals surface area contributed by atoms with Crippen molar-refractivity contribution in [2.45, 2.75) is 70.4 Å². The van der Waals surface area contributed by atoms with Crippen LogP contribution in [0.3, 0.4) is 0 Å². The van der Waals surface area contributed by atoms with Crippen LogP contribution < -0.4 is 4.74 Å². The molecule has 2 atom stereocenters. The van der Waals surface area contributed by atoms with E-state index in [1.54, 1.807) is 24.3 Å². The van der Waals surface area contributed by atoms with Gasteiger partial charge in [-0.2, -0.15) is 5.26 Å². The Bertz CT molecular complexity index is 1140. The van der Waals surface area contributed by atoms with Crippen LogP contribution in [0.25, 0.3) is 0 Å². The number of nitrogens with zero attached hydrogens (tertiary/aromatic N) is 3. The van der Waals surface area contributed by atoms with Gasteiger partial charge in [0.1, 0.15) is 17.7 Å². The Morgan fingerprint density at radius 2 is 1.95 bits per heavy atom. The predicted octanol–water partition coefficient (Wildman–Crippen LogP) is 5.68. The monoisotopic (exact) mass is 535 g/mol. The Kier molecular flexibility index (Phi) is 9.99. The third kappa shape index (κ3) is 7.38. The Morgan fingerprint density at radius 1 is 1.21 bits per heavy atom. The molecule has 2 unspecified atom stereocenters. The average Bonchev–Trinajstić information content (AvgIpc) is 2.92. The van der Waals surface area contributed by atoms with Crippen molar-refractivity contribution < 1.29 is 18.7 Å². The van der Waals surface area contributed by atoms with E-state index >= 15 is 0 Å². The second-order valence-electron chi connectivity index (χ2n) is 11.3. The molecule has 2 aromatic carbocycles. The number of likely N-dealkylation sites (tertiary alicyclic amines) is 1. The zero-order chi connectivity index (χ0) is 27.8. The van der Waals surface area contributed by atoms with Crippen LogP contribution in [0.5, 0.6) is 5.75 Å². The number of hydrogen-bond acceptors (Lipinski definition) is 6. The van der Waals surface area contributed by atoms with Gasteiger partial charge in [0.2, 0.25) is 0 Å². The summed E-state index contributed by atoms with van der Waals surface area (Å²) in [6.45, 7) is 8.83. The van der Waals surface area contributed by atoms with E-state index in [-0.39, 0.29) is 23.3 Å². The van der Waals surface area contributed by atoms with Gasteiger partial charge in [-0.3, -0.25) is 4.79 Å². The van der Waals surface area contributed by atoms with Gasteiger partial charge in [-0.15, -0.1) is 0 Å². The summed E-state index contributed by atoms with van der Waals surface area (Å²) in [6, 6.07) is 14.6. The fraction of sp³-hybridized carbons (Fsp3) is 0.562. The Hall–Kier alpha value is -2.95. The molecule has 210 valence electrons. The second-order valence-corrected chi connectivity index (χ2v) is 11.3. The topological polar surface area (TPSA) is 65.8 Å². The first-order valence-electron chi connectivity index (χ1n) is 14.3. The van der Waals surface area contributed by atoms with Gasteiger partial charge < -0.3 is 19.3 Å². The number of ether oxygens (including phenoxy) is 2. The summed E-state index contributed by atoms with van der Waals surface area (Å²) >= 11 is 0.